The van der Waals surface area contributed by atoms with Crippen molar-refractivity contribution < 1.29 is 9.53 Å². The highest BCUT2D eigenvalue weighted by Gasteiger charge is 2.28. The number of fused-ring (bicyclic) bond motifs is 1. The number of aromatic nitrogens is 2. The van der Waals surface area contributed by atoms with E-state index in [-0.39, 0.29) is 18.1 Å². The summed E-state index contributed by atoms with van der Waals surface area (Å²) in [5, 5.41) is 2.04. The maximum absolute atomic E-state index is 12.5. The topological polar surface area (TPSA) is 46.8 Å². The molecule has 0 aromatic carbocycles. The number of amides is 1. The van der Waals surface area contributed by atoms with Crippen molar-refractivity contribution in [3.05, 3.63) is 23.0 Å². The fourth-order valence-electron chi connectivity index (χ4n) is 2.50. The van der Waals surface area contributed by atoms with E-state index in [2.05, 4.69) is 4.98 Å². The number of nitrogens with zero attached hydrogens (tertiary/aromatic N) is 3. The number of rotatable bonds is 1. The van der Waals surface area contributed by atoms with Gasteiger partial charge in [0.05, 0.1) is 12.2 Å². The summed E-state index contributed by atoms with van der Waals surface area (Å²) in [4.78, 5) is 19.6. The van der Waals surface area contributed by atoms with E-state index in [1.54, 1.807) is 11.3 Å². The van der Waals surface area contributed by atoms with Gasteiger partial charge in [0.25, 0.3) is 5.91 Å². The van der Waals surface area contributed by atoms with Gasteiger partial charge in [-0.1, -0.05) is 0 Å². The average molecular weight is 279 g/mol. The minimum absolute atomic E-state index is 0.00250. The zero-order chi connectivity index (χ0) is 13.6. The maximum Gasteiger partial charge on any atom is 0.274 e. The monoisotopic (exact) mass is 279 g/mol. The van der Waals surface area contributed by atoms with Crippen molar-refractivity contribution in [3.8, 4) is 0 Å². The fraction of sp³-hybridized carbons (Fsp3) is 0.538. The van der Waals surface area contributed by atoms with Crippen LogP contribution in [-0.4, -0.2) is 45.5 Å². The molecular formula is C13H17N3O2S. The van der Waals surface area contributed by atoms with Crippen molar-refractivity contribution in [2.75, 3.05) is 13.1 Å². The summed E-state index contributed by atoms with van der Waals surface area (Å²) < 4.78 is 7.61. The number of hydrogen-bond acceptors (Lipinski definition) is 4. The molecule has 2 unspecified atom stereocenters. The predicted octanol–water partition coefficient (Wildman–Crippen LogP) is 1.95. The van der Waals surface area contributed by atoms with Crippen LogP contribution in [0.1, 0.15) is 30.0 Å². The van der Waals surface area contributed by atoms with Gasteiger partial charge < -0.3 is 9.64 Å². The normalized spacial score (nSPS) is 24.1. The lowest BCUT2D eigenvalue weighted by molar-refractivity contribution is -0.0587. The molecule has 0 saturated carbocycles. The Morgan fingerprint density at radius 3 is 2.74 bits per heavy atom. The van der Waals surface area contributed by atoms with Crippen molar-refractivity contribution in [1.82, 2.24) is 14.3 Å². The zero-order valence-corrected chi connectivity index (χ0v) is 12.1. The minimum atomic E-state index is -0.00250. The third-order valence-corrected chi connectivity index (χ3v) is 4.27. The summed E-state index contributed by atoms with van der Waals surface area (Å²) in [5.41, 5.74) is 1.63. The lowest BCUT2D eigenvalue weighted by Crippen LogP contribution is -2.48. The van der Waals surface area contributed by atoms with Gasteiger partial charge in [-0.25, -0.2) is 4.98 Å². The molecule has 0 radical (unpaired) electrons. The number of hydrogen-bond donors (Lipinski definition) is 0. The molecule has 1 saturated heterocycles. The van der Waals surface area contributed by atoms with Crippen LogP contribution in [-0.2, 0) is 4.74 Å². The average Bonchev–Trinajstić information content (AvgIpc) is 2.90. The molecule has 1 aliphatic heterocycles. The standard InChI is InChI=1S/C13H17N3O2S/c1-8-7-19-13-14-11(6-16(8)13)12(17)15-4-9(2)18-10(3)5-15/h6-7,9-10H,4-5H2,1-3H3. The number of ether oxygens (including phenoxy) is 1. The molecule has 19 heavy (non-hydrogen) atoms. The Kier molecular flexibility index (Phi) is 3.06. The van der Waals surface area contributed by atoms with Crippen LogP contribution in [0.25, 0.3) is 4.96 Å². The van der Waals surface area contributed by atoms with Crippen LogP contribution in [0.3, 0.4) is 0 Å². The summed E-state index contributed by atoms with van der Waals surface area (Å²) >= 11 is 1.56. The number of aryl methyl sites for hydroxylation is 1. The Labute approximate surface area is 115 Å². The molecule has 2 atom stereocenters. The summed E-state index contributed by atoms with van der Waals surface area (Å²) in [6.07, 6.45) is 1.99. The van der Waals surface area contributed by atoms with E-state index < -0.39 is 0 Å². The van der Waals surface area contributed by atoms with Crippen molar-refractivity contribution >= 4 is 22.2 Å². The summed E-state index contributed by atoms with van der Waals surface area (Å²) in [7, 11) is 0. The fourth-order valence-corrected chi connectivity index (χ4v) is 3.35. The number of carbonyl (C=O) groups is 1. The third-order valence-electron chi connectivity index (χ3n) is 3.31. The molecule has 1 fully saturated rings. The molecule has 2 aromatic rings. The SMILES string of the molecule is Cc1csc2nc(C(=O)N3CC(C)OC(C)C3)cn12. The molecule has 1 aliphatic rings. The second-order valence-corrected chi connectivity index (χ2v) is 5.96. The molecule has 6 heteroatoms. The van der Waals surface area contributed by atoms with Gasteiger partial charge >= 0.3 is 0 Å². The Bertz CT molecular complexity index is 608. The van der Waals surface area contributed by atoms with Crippen LogP contribution in [0, 0.1) is 6.92 Å². The zero-order valence-electron chi connectivity index (χ0n) is 11.3. The minimum Gasteiger partial charge on any atom is -0.372 e. The molecule has 1 amide bonds. The Morgan fingerprint density at radius 2 is 2.11 bits per heavy atom. The first-order valence-electron chi connectivity index (χ1n) is 6.42. The third kappa shape index (κ3) is 2.26. The second kappa shape index (κ2) is 4.61. The Hall–Kier alpha value is -1.40. The lowest BCUT2D eigenvalue weighted by Gasteiger charge is -2.34. The van der Waals surface area contributed by atoms with E-state index in [0.29, 0.717) is 18.8 Å². The first-order valence-corrected chi connectivity index (χ1v) is 7.30. The van der Waals surface area contributed by atoms with Crippen LogP contribution in [0.2, 0.25) is 0 Å². The highest BCUT2D eigenvalue weighted by atomic mass is 32.1. The number of morpholine rings is 1. The van der Waals surface area contributed by atoms with Crippen LogP contribution in [0.4, 0.5) is 0 Å². The van der Waals surface area contributed by atoms with E-state index in [0.717, 1.165) is 10.7 Å². The molecular weight excluding hydrogens is 262 g/mol. The van der Waals surface area contributed by atoms with Gasteiger partial charge in [0, 0.05) is 30.4 Å². The first-order chi connectivity index (χ1) is 9.04. The number of carbonyl (C=O) groups excluding carboxylic acids is 1. The van der Waals surface area contributed by atoms with Crippen molar-refractivity contribution in [2.45, 2.75) is 33.0 Å². The van der Waals surface area contributed by atoms with E-state index in [9.17, 15) is 4.79 Å². The van der Waals surface area contributed by atoms with Crippen LogP contribution in [0.15, 0.2) is 11.6 Å². The van der Waals surface area contributed by atoms with Crippen LogP contribution < -0.4 is 0 Å². The number of imidazole rings is 1. The molecule has 5 nitrogen and oxygen atoms in total. The van der Waals surface area contributed by atoms with Crippen molar-refractivity contribution in [2.24, 2.45) is 0 Å². The highest BCUT2D eigenvalue weighted by molar-refractivity contribution is 7.15. The molecule has 0 N–H and O–H groups in total. The van der Waals surface area contributed by atoms with Gasteiger partial charge in [0.1, 0.15) is 5.69 Å². The molecule has 102 valence electrons. The lowest BCUT2D eigenvalue weighted by atomic mass is 10.2. The van der Waals surface area contributed by atoms with E-state index in [1.165, 1.54) is 0 Å². The Balaban J connectivity index is 1.86. The highest BCUT2D eigenvalue weighted by Crippen LogP contribution is 2.18. The molecule has 3 heterocycles. The molecule has 3 rings (SSSR count). The van der Waals surface area contributed by atoms with Gasteiger partial charge in [-0.2, -0.15) is 0 Å². The van der Waals surface area contributed by atoms with Gasteiger partial charge in [-0.15, -0.1) is 11.3 Å². The first kappa shape index (κ1) is 12.6. The predicted molar refractivity (Wildman–Crippen MR) is 73.7 cm³/mol. The van der Waals surface area contributed by atoms with Gasteiger partial charge in [0.2, 0.25) is 0 Å². The second-order valence-electron chi connectivity index (χ2n) is 5.12. The van der Waals surface area contributed by atoms with Crippen molar-refractivity contribution in [1.29, 1.82) is 0 Å². The molecule has 0 spiro atoms. The molecule has 0 aliphatic carbocycles. The van der Waals surface area contributed by atoms with Crippen molar-refractivity contribution in [3.63, 3.8) is 0 Å². The smallest absolute Gasteiger partial charge is 0.274 e. The summed E-state index contributed by atoms with van der Waals surface area (Å²) in [5.74, 6) is -0.00250. The van der Waals surface area contributed by atoms with E-state index in [1.807, 2.05) is 41.6 Å². The molecule has 0 bridgehead atoms. The largest absolute Gasteiger partial charge is 0.372 e. The van der Waals surface area contributed by atoms with E-state index in [4.69, 9.17) is 4.74 Å². The van der Waals surface area contributed by atoms with E-state index >= 15 is 0 Å². The number of thiazole rings is 1. The Morgan fingerprint density at radius 1 is 1.42 bits per heavy atom. The summed E-state index contributed by atoms with van der Waals surface area (Å²) in [6.45, 7) is 7.26. The van der Waals surface area contributed by atoms with Crippen LogP contribution >= 0.6 is 11.3 Å². The van der Waals surface area contributed by atoms with Gasteiger partial charge in [-0.3, -0.25) is 9.20 Å². The quantitative estimate of drug-likeness (QED) is 0.801. The summed E-state index contributed by atoms with van der Waals surface area (Å²) in [6, 6.07) is 0. The molecule has 2 aromatic heterocycles. The van der Waals surface area contributed by atoms with Gasteiger partial charge in [0.15, 0.2) is 4.96 Å². The van der Waals surface area contributed by atoms with Crippen LogP contribution in [0.5, 0.6) is 0 Å². The van der Waals surface area contributed by atoms with Gasteiger partial charge in [-0.05, 0) is 20.8 Å². The maximum atomic E-state index is 12.5.